The number of amides is 1. The Morgan fingerprint density at radius 2 is 2.12 bits per heavy atom. The molecule has 1 N–H and O–H groups in total. The standard InChI is InChI=1S/C17H18ClN3O3/c1-12-15(4-7-24-12)17(22)20-14-2-3-16(18)13(10-14)11-19-21-5-8-23-9-6-21/h2-4,7,10-11H,5-6,8-9H2,1H3,(H,20,22)/b19-11+. The van der Waals surface area contributed by atoms with Gasteiger partial charge in [-0.2, -0.15) is 5.10 Å². The van der Waals surface area contributed by atoms with Crippen LogP contribution in [0.2, 0.25) is 5.02 Å². The Labute approximate surface area is 145 Å². The van der Waals surface area contributed by atoms with Gasteiger partial charge in [0.1, 0.15) is 5.76 Å². The van der Waals surface area contributed by atoms with E-state index in [4.69, 9.17) is 20.8 Å². The number of hydrazone groups is 1. The summed E-state index contributed by atoms with van der Waals surface area (Å²) in [5, 5.41) is 9.76. The Morgan fingerprint density at radius 3 is 2.83 bits per heavy atom. The van der Waals surface area contributed by atoms with Gasteiger partial charge >= 0.3 is 0 Å². The summed E-state index contributed by atoms with van der Waals surface area (Å²) in [6.45, 7) is 4.60. The Bertz CT molecular complexity index is 751. The molecule has 0 radical (unpaired) electrons. The molecule has 0 atom stereocenters. The van der Waals surface area contributed by atoms with E-state index in [0.717, 1.165) is 18.7 Å². The molecule has 6 nitrogen and oxygen atoms in total. The number of furan rings is 1. The first kappa shape index (κ1) is 16.5. The number of hydrogen-bond acceptors (Lipinski definition) is 5. The largest absolute Gasteiger partial charge is 0.469 e. The van der Waals surface area contributed by atoms with Crippen molar-refractivity contribution >= 4 is 29.4 Å². The molecule has 0 spiro atoms. The van der Waals surface area contributed by atoms with Crippen LogP contribution in [0, 0.1) is 6.92 Å². The van der Waals surface area contributed by atoms with Crippen LogP contribution in [0.3, 0.4) is 0 Å². The van der Waals surface area contributed by atoms with E-state index in [1.54, 1.807) is 37.4 Å². The Hall–Kier alpha value is -2.31. The fourth-order valence-electron chi connectivity index (χ4n) is 2.35. The fourth-order valence-corrected chi connectivity index (χ4v) is 2.52. The topological polar surface area (TPSA) is 67.1 Å². The monoisotopic (exact) mass is 347 g/mol. The molecule has 3 rings (SSSR count). The van der Waals surface area contributed by atoms with Crippen LogP contribution in [0.25, 0.3) is 0 Å². The molecule has 1 saturated heterocycles. The Balaban J connectivity index is 1.72. The number of nitrogens with one attached hydrogen (secondary N) is 1. The predicted molar refractivity (Wildman–Crippen MR) is 92.8 cm³/mol. The molecule has 0 bridgehead atoms. The molecule has 1 amide bonds. The normalized spacial score (nSPS) is 15.0. The van der Waals surface area contributed by atoms with E-state index in [1.807, 2.05) is 5.01 Å². The van der Waals surface area contributed by atoms with Crippen molar-refractivity contribution in [3.8, 4) is 0 Å². The van der Waals surface area contributed by atoms with Gasteiger partial charge in [0, 0.05) is 16.3 Å². The zero-order valence-electron chi connectivity index (χ0n) is 13.3. The van der Waals surface area contributed by atoms with E-state index in [1.165, 1.54) is 6.26 Å². The number of aryl methyl sites for hydroxylation is 1. The molecule has 0 saturated carbocycles. The summed E-state index contributed by atoms with van der Waals surface area (Å²) in [6, 6.07) is 6.92. The molecular weight excluding hydrogens is 330 g/mol. The van der Waals surface area contributed by atoms with Gasteiger partial charge in [0.2, 0.25) is 0 Å². The van der Waals surface area contributed by atoms with Gasteiger partial charge in [-0.15, -0.1) is 0 Å². The quantitative estimate of drug-likeness (QED) is 0.863. The summed E-state index contributed by atoms with van der Waals surface area (Å²) in [5.41, 5.74) is 1.90. The van der Waals surface area contributed by atoms with E-state index in [-0.39, 0.29) is 5.91 Å². The van der Waals surface area contributed by atoms with Gasteiger partial charge in [-0.05, 0) is 31.2 Å². The zero-order chi connectivity index (χ0) is 16.9. The van der Waals surface area contributed by atoms with Crippen LogP contribution in [0.5, 0.6) is 0 Å². The number of benzene rings is 1. The lowest BCUT2D eigenvalue weighted by Crippen LogP contribution is -2.32. The third kappa shape index (κ3) is 3.96. The number of anilines is 1. The van der Waals surface area contributed by atoms with Gasteiger partial charge in [0.25, 0.3) is 5.91 Å². The molecular formula is C17H18ClN3O3. The van der Waals surface area contributed by atoms with Crippen molar-refractivity contribution in [3.05, 3.63) is 52.4 Å². The molecule has 0 aliphatic carbocycles. The minimum atomic E-state index is -0.223. The van der Waals surface area contributed by atoms with Gasteiger partial charge < -0.3 is 14.5 Å². The number of nitrogens with zero attached hydrogens (tertiary/aromatic N) is 2. The van der Waals surface area contributed by atoms with Crippen molar-refractivity contribution in [1.82, 2.24) is 5.01 Å². The lowest BCUT2D eigenvalue weighted by atomic mass is 10.2. The van der Waals surface area contributed by atoms with Gasteiger partial charge in [-0.3, -0.25) is 9.80 Å². The fraction of sp³-hybridized carbons (Fsp3) is 0.294. The molecule has 1 aromatic heterocycles. The molecule has 7 heteroatoms. The van der Waals surface area contributed by atoms with Crippen molar-refractivity contribution in [2.75, 3.05) is 31.6 Å². The van der Waals surface area contributed by atoms with E-state index in [9.17, 15) is 4.79 Å². The smallest absolute Gasteiger partial charge is 0.259 e. The molecule has 0 unspecified atom stereocenters. The second-order valence-electron chi connectivity index (χ2n) is 5.39. The highest BCUT2D eigenvalue weighted by molar-refractivity contribution is 6.33. The maximum absolute atomic E-state index is 12.2. The molecule has 24 heavy (non-hydrogen) atoms. The highest BCUT2D eigenvalue weighted by atomic mass is 35.5. The van der Waals surface area contributed by atoms with E-state index >= 15 is 0 Å². The zero-order valence-corrected chi connectivity index (χ0v) is 14.0. The van der Waals surface area contributed by atoms with Crippen LogP contribution in [0.1, 0.15) is 21.7 Å². The maximum atomic E-state index is 12.2. The van der Waals surface area contributed by atoms with Gasteiger partial charge in [-0.25, -0.2) is 0 Å². The molecule has 1 aromatic carbocycles. The minimum Gasteiger partial charge on any atom is -0.469 e. The lowest BCUT2D eigenvalue weighted by Gasteiger charge is -2.23. The van der Waals surface area contributed by atoms with Crippen LogP contribution in [-0.2, 0) is 4.74 Å². The summed E-state index contributed by atoms with van der Waals surface area (Å²) in [5.74, 6) is 0.357. The van der Waals surface area contributed by atoms with Crippen molar-refractivity contribution in [2.24, 2.45) is 5.10 Å². The van der Waals surface area contributed by atoms with Gasteiger partial charge in [-0.1, -0.05) is 11.6 Å². The Kier molecular flexibility index (Phi) is 5.17. The van der Waals surface area contributed by atoms with Crippen molar-refractivity contribution in [3.63, 3.8) is 0 Å². The van der Waals surface area contributed by atoms with Crippen LogP contribution >= 0.6 is 11.6 Å². The number of rotatable bonds is 4. The summed E-state index contributed by atoms with van der Waals surface area (Å²) in [7, 11) is 0. The van der Waals surface area contributed by atoms with Gasteiger partial charge in [0.05, 0.1) is 44.3 Å². The first-order valence-electron chi connectivity index (χ1n) is 7.65. The van der Waals surface area contributed by atoms with Crippen LogP contribution < -0.4 is 5.32 Å². The number of halogens is 1. The van der Waals surface area contributed by atoms with E-state index in [2.05, 4.69) is 10.4 Å². The third-order valence-corrected chi connectivity index (χ3v) is 4.05. The van der Waals surface area contributed by atoms with E-state index in [0.29, 0.717) is 35.2 Å². The third-order valence-electron chi connectivity index (χ3n) is 3.70. The van der Waals surface area contributed by atoms with E-state index < -0.39 is 0 Å². The lowest BCUT2D eigenvalue weighted by molar-refractivity contribution is 0.0397. The first-order chi connectivity index (χ1) is 11.6. The maximum Gasteiger partial charge on any atom is 0.259 e. The molecule has 1 aliphatic rings. The highest BCUT2D eigenvalue weighted by Crippen LogP contribution is 2.20. The summed E-state index contributed by atoms with van der Waals surface area (Å²) in [6.07, 6.45) is 3.19. The second-order valence-corrected chi connectivity index (χ2v) is 5.80. The SMILES string of the molecule is Cc1occc1C(=O)Nc1ccc(Cl)c(/C=N/N2CCOCC2)c1. The average Bonchev–Trinajstić information content (AvgIpc) is 3.02. The summed E-state index contributed by atoms with van der Waals surface area (Å²) >= 11 is 6.21. The number of carbonyl (C=O) groups is 1. The van der Waals surface area contributed by atoms with Crippen molar-refractivity contribution < 1.29 is 13.9 Å². The van der Waals surface area contributed by atoms with Crippen LogP contribution in [-0.4, -0.2) is 43.4 Å². The summed E-state index contributed by atoms with van der Waals surface area (Å²) < 4.78 is 10.4. The molecule has 2 heterocycles. The molecule has 1 fully saturated rings. The van der Waals surface area contributed by atoms with Crippen LogP contribution in [0.4, 0.5) is 5.69 Å². The first-order valence-corrected chi connectivity index (χ1v) is 8.03. The highest BCUT2D eigenvalue weighted by Gasteiger charge is 2.12. The average molecular weight is 348 g/mol. The van der Waals surface area contributed by atoms with Crippen molar-refractivity contribution in [2.45, 2.75) is 6.92 Å². The number of morpholine rings is 1. The van der Waals surface area contributed by atoms with Crippen LogP contribution in [0.15, 0.2) is 40.0 Å². The number of carbonyl (C=O) groups excluding carboxylic acids is 1. The summed E-state index contributed by atoms with van der Waals surface area (Å²) in [4.78, 5) is 12.2. The van der Waals surface area contributed by atoms with Crippen molar-refractivity contribution in [1.29, 1.82) is 0 Å². The Morgan fingerprint density at radius 1 is 1.33 bits per heavy atom. The molecule has 1 aliphatic heterocycles. The predicted octanol–water partition coefficient (Wildman–Crippen LogP) is 3.16. The minimum absolute atomic E-state index is 0.223. The number of ether oxygens (including phenoxy) is 1. The second kappa shape index (κ2) is 7.51. The number of hydrogen-bond donors (Lipinski definition) is 1. The molecule has 2 aromatic rings. The van der Waals surface area contributed by atoms with Gasteiger partial charge in [0.15, 0.2) is 0 Å². The molecule has 126 valence electrons.